The summed E-state index contributed by atoms with van der Waals surface area (Å²) in [7, 11) is 0. The molecule has 0 atom stereocenters. The van der Waals surface area contributed by atoms with Gasteiger partial charge in [-0.15, -0.1) is 0 Å². The maximum atomic E-state index is 4.44. The summed E-state index contributed by atoms with van der Waals surface area (Å²) in [6, 6.07) is 0. The van der Waals surface area contributed by atoms with Crippen molar-refractivity contribution in [3.8, 4) is 0 Å². The van der Waals surface area contributed by atoms with Crippen molar-refractivity contribution >= 4 is 0 Å². The average molecular weight is 243 g/mol. The van der Waals surface area contributed by atoms with E-state index >= 15 is 0 Å². The summed E-state index contributed by atoms with van der Waals surface area (Å²) in [5.74, 6) is 1.07. The summed E-state index contributed by atoms with van der Waals surface area (Å²) in [5, 5.41) is 3.38. The molecule has 0 saturated carbocycles. The van der Waals surface area contributed by atoms with E-state index in [0.717, 1.165) is 44.0 Å². The molecule has 0 spiro atoms. The van der Waals surface area contributed by atoms with Gasteiger partial charge in [0.15, 0.2) is 0 Å². The molecule has 0 unspecified atom stereocenters. The lowest BCUT2D eigenvalue weighted by Crippen LogP contribution is -2.26. The largest absolute Gasteiger partial charge is 0.335 e. The summed E-state index contributed by atoms with van der Waals surface area (Å²) in [6.45, 7) is 4.95. The fourth-order valence-electron chi connectivity index (χ4n) is 2.43. The molecule has 94 valence electrons. The van der Waals surface area contributed by atoms with Crippen molar-refractivity contribution in [1.29, 1.82) is 0 Å². The van der Waals surface area contributed by atoms with E-state index in [1.165, 1.54) is 11.3 Å². The number of imidazole rings is 1. The van der Waals surface area contributed by atoms with Crippen molar-refractivity contribution in [3.05, 3.63) is 41.5 Å². The molecule has 3 heterocycles. The van der Waals surface area contributed by atoms with Crippen LogP contribution in [0, 0.1) is 0 Å². The highest BCUT2D eigenvalue weighted by atomic mass is 15.1. The Bertz CT molecular complexity index is 546. The minimum absolute atomic E-state index is 0.785. The van der Waals surface area contributed by atoms with Gasteiger partial charge in [-0.1, -0.05) is 0 Å². The molecule has 1 N–H and O–H groups in total. The van der Waals surface area contributed by atoms with Gasteiger partial charge in [-0.05, 0) is 6.92 Å². The SMILES string of the molecule is CCn1ccnc1Cc1ncnc2c1CNCC2. The van der Waals surface area contributed by atoms with E-state index in [9.17, 15) is 0 Å². The van der Waals surface area contributed by atoms with Crippen molar-refractivity contribution in [2.45, 2.75) is 32.9 Å². The topological polar surface area (TPSA) is 55.6 Å². The predicted octanol–water partition coefficient (Wildman–Crippen LogP) is 0.929. The minimum atomic E-state index is 0.785. The van der Waals surface area contributed by atoms with Gasteiger partial charge < -0.3 is 9.88 Å². The Morgan fingerprint density at radius 2 is 2.28 bits per heavy atom. The molecule has 0 aliphatic carbocycles. The maximum absolute atomic E-state index is 4.44. The van der Waals surface area contributed by atoms with Crippen LogP contribution in [0.25, 0.3) is 0 Å². The van der Waals surface area contributed by atoms with Gasteiger partial charge in [-0.2, -0.15) is 0 Å². The average Bonchev–Trinajstić information content (AvgIpc) is 2.86. The molecule has 0 aromatic carbocycles. The highest BCUT2D eigenvalue weighted by Crippen LogP contribution is 2.16. The number of aryl methyl sites for hydroxylation is 1. The number of nitrogens with one attached hydrogen (secondary N) is 1. The normalized spacial score (nSPS) is 14.5. The Kier molecular flexibility index (Phi) is 3.06. The lowest BCUT2D eigenvalue weighted by atomic mass is 10.0. The molecule has 0 saturated heterocycles. The van der Waals surface area contributed by atoms with Gasteiger partial charge in [-0.25, -0.2) is 15.0 Å². The molecule has 2 aromatic heterocycles. The standard InChI is InChI=1S/C13H17N5/c1-2-18-6-5-15-13(18)7-12-10-8-14-4-3-11(10)16-9-17-12/h5-6,9,14H,2-4,7-8H2,1H3. The lowest BCUT2D eigenvalue weighted by Gasteiger charge is -2.18. The second-order valence-electron chi connectivity index (χ2n) is 4.48. The Hall–Kier alpha value is -1.75. The molecular formula is C13H17N5. The third kappa shape index (κ3) is 2.01. The van der Waals surface area contributed by atoms with Crippen LogP contribution in [0.2, 0.25) is 0 Å². The highest BCUT2D eigenvalue weighted by molar-refractivity contribution is 5.29. The maximum Gasteiger partial charge on any atom is 0.115 e. The lowest BCUT2D eigenvalue weighted by molar-refractivity contribution is 0.614. The Morgan fingerprint density at radius 3 is 3.17 bits per heavy atom. The van der Waals surface area contributed by atoms with E-state index in [1.54, 1.807) is 6.33 Å². The Balaban J connectivity index is 1.93. The monoisotopic (exact) mass is 243 g/mol. The minimum Gasteiger partial charge on any atom is -0.335 e. The Morgan fingerprint density at radius 1 is 1.33 bits per heavy atom. The number of aromatic nitrogens is 4. The van der Waals surface area contributed by atoms with E-state index in [2.05, 4.69) is 31.8 Å². The molecule has 1 aliphatic heterocycles. The van der Waals surface area contributed by atoms with Gasteiger partial charge >= 0.3 is 0 Å². The first-order chi connectivity index (χ1) is 8.88. The van der Waals surface area contributed by atoms with Crippen LogP contribution in [0.15, 0.2) is 18.7 Å². The number of rotatable bonds is 3. The van der Waals surface area contributed by atoms with Crippen LogP contribution in [-0.4, -0.2) is 26.1 Å². The fraction of sp³-hybridized carbons (Fsp3) is 0.462. The Labute approximate surface area is 106 Å². The van der Waals surface area contributed by atoms with Crippen molar-refractivity contribution in [1.82, 2.24) is 24.8 Å². The van der Waals surface area contributed by atoms with Crippen molar-refractivity contribution in [3.63, 3.8) is 0 Å². The number of nitrogens with zero attached hydrogens (tertiary/aromatic N) is 4. The molecule has 0 bridgehead atoms. The second kappa shape index (κ2) is 4.86. The molecule has 0 amide bonds. The van der Waals surface area contributed by atoms with Crippen LogP contribution >= 0.6 is 0 Å². The van der Waals surface area contributed by atoms with Gasteiger partial charge in [-0.3, -0.25) is 0 Å². The van der Waals surface area contributed by atoms with Gasteiger partial charge in [0.25, 0.3) is 0 Å². The van der Waals surface area contributed by atoms with Crippen LogP contribution in [-0.2, 0) is 25.9 Å². The van der Waals surface area contributed by atoms with Crippen LogP contribution in [0.1, 0.15) is 29.7 Å². The molecule has 5 heteroatoms. The van der Waals surface area contributed by atoms with E-state index in [4.69, 9.17) is 0 Å². The van der Waals surface area contributed by atoms with Crippen LogP contribution in [0.5, 0.6) is 0 Å². The van der Waals surface area contributed by atoms with Crippen LogP contribution in [0.3, 0.4) is 0 Å². The second-order valence-corrected chi connectivity index (χ2v) is 4.48. The first-order valence-corrected chi connectivity index (χ1v) is 6.41. The third-order valence-corrected chi connectivity index (χ3v) is 3.43. The molecule has 18 heavy (non-hydrogen) atoms. The van der Waals surface area contributed by atoms with E-state index < -0.39 is 0 Å². The molecule has 2 aromatic rings. The van der Waals surface area contributed by atoms with E-state index in [-0.39, 0.29) is 0 Å². The summed E-state index contributed by atoms with van der Waals surface area (Å²) < 4.78 is 2.16. The fourth-order valence-corrected chi connectivity index (χ4v) is 2.43. The van der Waals surface area contributed by atoms with Crippen molar-refractivity contribution < 1.29 is 0 Å². The van der Waals surface area contributed by atoms with Crippen LogP contribution in [0.4, 0.5) is 0 Å². The smallest absolute Gasteiger partial charge is 0.115 e. The van der Waals surface area contributed by atoms with Gasteiger partial charge in [0, 0.05) is 56.1 Å². The van der Waals surface area contributed by atoms with Gasteiger partial charge in [0.2, 0.25) is 0 Å². The number of hydrogen-bond donors (Lipinski definition) is 1. The van der Waals surface area contributed by atoms with Gasteiger partial charge in [0.05, 0.1) is 5.69 Å². The first-order valence-electron chi connectivity index (χ1n) is 6.41. The third-order valence-electron chi connectivity index (χ3n) is 3.43. The zero-order valence-electron chi connectivity index (χ0n) is 10.6. The summed E-state index contributed by atoms with van der Waals surface area (Å²) >= 11 is 0. The summed E-state index contributed by atoms with van der Waals surface area (Å²) in [6.07, 6.45) is 7.32. The summed E-state index contributed by atoms with van der Waals surface area (Å²) in [5.41, 5.74) is 3.55. The zero-order valence-corrected chi connectivity index (χ0v) is 10.6. The molecule has 5 nitrogen and oxygen atoms in total. The molecule has 3 rings (SSSR count). The molecular weight excluding hydrogens is 226 g/mol. The van der Waals surface area contributed by atoms with E-state index in [1.807, 2.05) is 12.4 Å². The van der Waals surface area contributed by atoms with Crippen molar-refractivity contribution in [2.75, 3.05) is 6.54 Å². The van der Waals surface area contributed by atoms with Gasteiger partial charge in [0.1, 0.15) is 12.2 Å². The predicted molar refractivity (Wildman–Crippen MR) is 68.1 cm³/mol. The molecule has 0 fully saturated rings. The number of fused-ring (bicyclic) bond motifs is 1. The number of hydrogen-bond acceptors (Lipinski definition) is 4. The van der Waals surface area contributed by atoms with Crippen LogP contribution < -0.4 is 5.32 Å². The summed E-state index contributed by atoms with van der Waals surface area (Å²) in [4.78, 5) is 13.2. The zero-order chi connectivity index (χ0) is 12.4. The van der Waals surface area contributed by atoms with Crippen molar-refractivity contribution in [2.24, 2.45) is 0 Å². The van der Waals surface area contributed by atoms with E-state index in [0.29, 0.717) is 0 Å². The molecule has 1 aliphatic rings. The quantitative estimate of drug-likeness (QED) is 0.871. The molecule has 0 radical (unpaired) electrons. The first kappa shape index (κ1) is 11.3. The highest BCUT2D eigenvalue weighted by Gasteiger charge is 2.16.